The Kier molecular flexibility index (Phi) is 2.05. The third-order valence-corrected chi connectivity index (χ3v) is 1.50. The highest BCUT2D eigenvalue weighted by atomic mass is 35.5. The van der Waals surface area contributed by atoms with Gasteiger partial charge in [-0.3, -0.25) is 4.79 Å². The quantitative estimate of drug-likeness (QED) is 0.502. The second-order valence-electron chi connectivity index (χ2n) is 1.99. The summed E-state index contributed by atoms with van der Waals surface area (Å²) in [5, 5.41) is 0.125. The SMILES string of the molecule is Cc1nc(C=O)nc(Cl)c1N. The van der Waals surface area contributed by atoms with Gasteiger partial charge in [-0.2, -0.15) is 0 Å². The Morgan fingerprint density at radius 3 is 2.64 bits per heavy atom. The summed E-state index contributed by atoms with van der Waals surface area (Å²) < 4.78 is 0. The van der Waals surface area contributed by atoms with Gasteiger partial charge in [0.1, 0.15) is 0 Å². The number of aldehydes is 1. The van der Waals surface area contributed by atoms with Crippen LogP contribution >= 0.6 is 11.6 Å². The Morgan fingerprint density at radius 1 is 1.55 bits per heavy atom. The largest absolute Gasteiger partial charge is 0.395 e. The van der Waals surface area contributed by atoms with E-state index in [4.69, 9.17) is 17.3 Å². The highest BCUT2D eigenvalue weighted by Gasteiger charge is 2.04. The minimum Gasteiger partial charge on any atom is -0.395 e. The molecule has 11 heavy (non-hydrogen) atoms. The molecular weight excluding hydrogens is 166 g/mol. The molecule has 1 rings (SSSR count). The summed E-state index contributed by atoms with van der Waals surface area (Å²) >= 11 is 5.56. The molecule has 0 unspecified atom stereocenters. The van der Waals surface area contributed by atoms with Crippen LogP contribution in [0.2, 0.25) is 5.15 Å². The Bertz CT molecular complexity index is 277. The predicted molar refractivity (Wildman–Crippen MR) is 41.6 cm³/mol. The van der Waals surface area contributed by atoms with Crippen molar-refractivity contribution in [2.24, 2.45) is 0 Å². The smallest absolute Gasteiger partial charge is 0.194 e. The number of anilines is 1. The molecule has 0 bridgehead atoms. The molecule has 0 amide bonds. The second-order valence-corrected chi connectivity index (χ2v) is 2.35. The van der Waals surface area contributed by atoms with E-state index < -0.39 is 0 Å². The number of nitrogens with two attached hydrogens (primary N) is 1. The predicted octanol–water partition coefficient (Wildman–Crippen LogP) is 0.833. The molecule has 1 aromatic rings. The van der Waals surface area contributed by atoms with E-state index in [0.29, 0.717) is 17.7 Å². The first-order chi connectivity index (χ1) is 5.15. The molecule has 0 atom stereocenters. The van der Waals surface area contributed by atoms with Crippen molar-refractivity contribution in [3.63, 3.8) is 0 Å². The zero-order valence-corrected chi connectivity index (χ0v) is 6.59. The van der Waals surface area contributed by atoms with Crippen LogP contribution in [-0.4, -0.2) is 16.3 Å². The van der Waals surface area contributed by atoms with Crippen LogP contribution in [0.25, 0.3) is 0 Å². The molecule has 58 valence electrons. The van der Waals surface area contributed by atoms with E-state index in [1.165, 1.54) is 0 Å². The summed E-state index contributed by atoms with van der Waals surface area (Å²) in [4.78, 5) is 17.6. The summed E-state index contributed by atoms with van der Waals surface area (Å²) in [5.41, 5.74) is 6.27. The molecule has 0 fully saturated rings. The van der Waals surface area contributed by atoms with Gasteiger partial charge in [-0.25, -0.2) is 9.97 Å². The van der Waals surface area contributed by atoms with Crippen molar-refractivity contribution in [1.29, 1.82) is 0 Å². The summed E-state index contributed by atoms with van der Waals surface area (Å²) in [5.74, 6) is 0.0571. The highest BCUT2D eigenvalue weighted by Crippen LogP contribution is 2.17. The minimum absolute atomic E-state index is 0.0571. The van der Waals surface area contributed by atoms with Crippen LogP contribution in [0.5, 0.6) is 0 Å². The number of halogens is 1. The number of rotatable bonds is 1. The van der Waals surface area contributed by atoms with Crippen LogP contribution in [0.15, 0.2) is 0 Å². The maximum absolute atomic E-state index is 10.2. The molecule has 4 nitrogen and oxygen atoms in total. The molecular formula is C6H6ClN3O. The van der Waals surface area contributed by atoms with Crippen molar-refractivity contribution in [3.05, 3.63) is 16.7 Å². The minimum atomic E-state index is 0.0571. The van der Waals surface area contributed by atoms with E-state index in [0.717, 1.165) is 0 Å². The zero-order valence-electron chi connectivity index (χ0n) is 5.84. The maximum atomic E-state index is 10.2. The van der Waals surface area contributed by atoms with Crippen LogP contribution in [0.3, 0.4) is 0 Å². The van der Waals surface area contributed by atoms with Gasteiger partial charge in [-0.1, -0.05) is 11.6 Å². The molecule has 5 heteroatoms. The Hall–Kier alpha value is -1.16. The monoisotopic (exact) mass is 171 g/mol. The van der Waals surface area contributed by atoms with Gasteiger partial charge >= 0.3 is 0 Å². The number of aromatic nitrogens is 2. The first-order valence-electron chi connectivity index (χ1n) is 2.90. The average Bonchev–Trinajstić information content (AvgIpc) is 1.99. The number of hydrogen-bond acceptors (Lipinski definition) is 4. The Morgan fingerprint density at radius 2 is 2.18 bits per heavy atom. The summed E-state index contributed by atoms with van der Waals surface area (Å²) in [6, 6.07) is 0. The van der Waals surface area contributed by atoms with Crippen LogP contribution in [0.4, 0.5) is 5.69 Å². The number of nitrogen functional groups attached to an aromatic ring is 1. The van der Waals surface area contributed by atoms with Gasteiger partial charge in [0.25, 0.3) is 0 Å². The number of aryl methyl sites for hydroxylation is 1. The van der Waals surface area contributed by atoms with Gasteiger partial charge in [-0.15, -0.1) is 0 Å². The molecule has 0 spiro atoms. The van der Waals surface area contributed by atoms with Gasteiger partial charge in [0.2, 0.25) is 0 Å². The fourth-order valence-electron chi connectivity index (χ4n) is 0.620. The van der Waals surface area contributed by atoms with Gasteiger partial charge < -0.3 is 5.73 Å². The van der Waals surface area contributed by atoms with Crippen LogP contribution in [0, 0.1) is 6.92 Å². The van der Waals surface area contributed by atoms with Gasteiger partial charge in [0.05, 0.1) is 11.4 Å². The lowest BCUT2D eigenvalue weighted by molar-refractivity contribution is 0.111. The highest BCUT2D eigenvalue weighted by molar-refractivity contribution is 6.32. The van der Waals surface area contributed by atoms with E-state index in [9.17, 15) is 4.79 Å². The summed E-state index contributed by atoms with van der Waals surface area (Å²) in [6.07, 6.45) is 0.526. The molecule has 1 aromatic heterocycles. The standard InChI is InChI=1S/C6H6ClN3O/c1-3-5(8)6(7)10-4(2-11)9-3/h2H,8H2,1H3. The number of hydrogen-bond donors (Lipinski definition) is 1. The van der Waals surface area contributed by atoms with Gasteiger partial charge in [0, 0.05) is 0 Å². The molecule has 0 saturated carbocycles. The van der Waals surface area contributed by atoms with E-state index >= 15 is 0 Å². The lowest BCUT2D eigenvalue weighted by atomic mass is 10.4. The molecule has 1 heterocycles. The first kappa shape index (κ1) is 7.94. The van der Waals surface area contributed by atoms with Gasteiger partial charge in [0.15, 0.2) is 17.3 Å². The van der Waals surface area contributed by atoms with E-state index in [-0.39, 0.29) is 11.0 Å². The van der Waals surface area contributed by atoms with Crippen molar-refractivity contribution >= 4 is 23.6 Å². The first-order valence-corrected chi connectivity index (χ1v) is 3.27. The van der Waals surface area contributed by atoms with E-state index in [1.54, 1.807) is 6.92 Å². The third-order valence-electron chi connectivity index (χ3n) is 1.21. The zero-order chi connectivity index (χ0) is 8.43. The number of nitrogens with zero attached hydrogens (tertiary/aromatic N) is 2. The van der Waals surface area contributed by atoms with Crippen molar-refractivity contribution in [3.8, 4) is 0 Å². The topological polar surface area (TPSA) is 68.9 Å². The average molecular weight is 172 g/mol. The molecule has 0 aliphatic heterocycles. The van der Waals surface area contributed by atoms with Crippen molar-refractivity contribution in [2.75, 3.05) is 5.73 Å². The summed E-state index contributed by atoms with van der Waals surface area (Å²) in [6.45, 7) is 1.66. The third kappa shape index (κ3) is 1.46. The molecule has 2 N–H and O–H groups in total. The van der Waals surface area contributed by atoms with Gasteiger partial charge in [-0.05, 0) is 6.92 Å². The van der Waals surface area contributed by atoms with Crippen molar-refractivity contribution in [2.45, 2.75) is 6.92 Å². The van der Waals surface area contributed by atoms with Crippen molar-refractivity contribution in [1.82, 2.24) is 9.97 Å². The lowest BCUT2D eigenvalue weighted by Crippen LogP contribution is -2.01. The van der Waals surface area contributed by atoms with Crippen LogP contribution in [-0.2, 0) is 0 Å². The fourth-order valence-corrected chi connectivity index (χ4v) is 0.843. The molecule has 0 aromatic carbocycles. The number of carbonyl (C=O) groups is 1. The lowest BCUT2D eigenvalue weighted by Gasteiger charge is -2.00. The molecule has 0 aliphatic rings. The van der Waals surface area contributed by atoms with Crippen LogP contribution < -0.4 is 5.73 Å². The van der Waals surface area contributed by atoms with Crippen LogP contribution in [0.1, 0.15) is 16.3 Å². The molecule has 0 aliphatic carbocycles. The summed E-state index contributed by atoms with van der Waals surface area (Å²) in [7, 11) is 0. The molecule has 0 radical (unpaired) electrons. The fraction of sp³-hybridized carbons (Fsp3) is 0.167. The number of carbonyl (C=O) groups excluding carboxylic acids is 1. The molecule has 0 saturated heterocycles. The second kappa shape index (κ2) is 2.84. The van der Waals surface area contributed by atoms with E-state index in [2.05, 4.69) is 9.97 Å². The maximum Gasteiger partial charge on any atom is 0.194 e. The Balaban J connectivity index is 3.31. The van der Waals surface area contributed by atoms with E-state index in [1.807, 2.05) is 0 Å². The normalized spacial score (nSPS) is 9.64. The Labute approximate surface area is 68.4 Å². The van der Waals surface area contributed by atoms with Crippen molar-refractivity contribution < 1.29 is 4.79 Å².